The van der Waals surface area contributed by atoms with E-state index >= 15 is 4.39 Å². The minimum Gasteiger partial charge on any atom is -0.489 e. The molecule has 1 unspecified atom stereocenters. The molecule has 4 aliphatic rings. The fourth-order valence-corrected chi connectivity index (χ4v) is 8.79. The average molecular weight is 756 g/mol. The molecule has 15 heteroatoms. The second-order valence-electron chi connectivity index (χ2n) is 15.4. The van der Waals surface area contributed by atoms with Gasteiger partial charge < -0.3 is 15.0 Å². The SMILES string of the molecule is CC1(C)C(NC(=O)c2ccc(N3CCN(Cc4ccc5c(c4F)C(=O)N(C4CCC(=O)NC4=O)C5=O)CC3)nc2)C(C)(C)C1Oc1ccc(C#N)c(Cl)c1. The Balaban J connectivity index is 0.934. The van der Waals surface area contributed by atoms with Gasteiger partial charge in [0.1, 0.15) is 35.6 Å². The summed E-state index contributed by atoms with van der Waals surface area (Å²) in [5.41, 5.74) is -0.228. The lowest BCUT2D eigenvalue weighted by molar-refractivity contribution is -0.164. The van der Waals surface area contributed by atoms with Gasteiger partial charge in [0.25, 0.3) is 17.7 Å². The standard InChI is InChI=1S/C39H39ClFN7O6/c1-38(2)36(39(3,4)37(38)54-24-8-5-21(18-42)26(40)17-24)45-32(50)22-7-11-28(43-19-22)47-15-13-46(14-16-47)20-23-6-9-25-30(31(23)41)35(53)48(34(25)52)27-10-12-29(49)44-33(27)51/h5-9,11,17,19,27,36-37H,10,12-16,20H2,1-4H3,(H,45,50)(H,44,49,51). The van der Waals surface area contributed by atoms with E-state index in [0.29, 0.717) is 53.9 Å². The first-order valence-electron chi connectivity index (χ1n) is 17.7. The van der Waals surface area contributed by atoms with Crippen LogP contribution in [0.2, 0.25) is 5.02 Å². The van der Waals surface area contributed by atoms with Crippen LogP contribution in [0, 0.1) is 28.0 Å². The number of piperazine rings is 1. The van der Waals surface area contributed by atoms with Gasteiger partial charge in [0.05, 0.1) is 27.3 Å². The number of rotatable bonds is 8. The molecule has 1 atom stereocenters. The third-order valence-electron chi connectivity index (χ3n) is 11.2. The number of amides is 5. The van der Waals surface area contributed by atoms with Crippen molar-refractivity contribution in [3.05, 3.63) is 87.3 Å². The third kappa shape index (κ3) is 6.35. The summed E-state index contributed by atoms with van der Waals surface area (Å²) in [6, 6.07) is 12.1. The smallest absolute Gasteiger partial charge is 0.265 e. The summed E-state index contributed by atoms with van der Waals surface area (Å²) in [7, 11) is 0. The summed E-state index contributed by atoms with van der Waals surface area (Å²) in [5.74, 6) is -2.63. The lowest BCUT2D eigenvalue weighted by atomic mass is 9.49. The Bertz CT molecular complexity index is 2110. The first-order chi connectivity index (χ1) is 25.6. The van der Waals surface area contributed by atoms with E-state index in [1.807, 2.05) is 38.7 Å². The topological polar surface area (TPSA) is 165 Å². The van der Waals surface area contributed by atoms with E-state index in [4.69, 9.17) is 16.3 Å². The zero-order chi connectivity index (χ0) is 38.7. The second kappa shape index (κ2) is 13.8. The number of pyridine rings is 1. The van der Waals surface area contributed by atoms with Crippen LogP contribution in [0.3, 0.4) is 0 Å². The van der Waals surface area contributed by atoms with Gasteiger partial charge in [0.2, 0.25) is 11.8 Å². The number of ether oxygens (including phenoxy) is 1. The van der Waals surface area contributed by atoms with Gasteiger partial charge in [0, 0.05) is 73.8 Å². The number of imide groups is 2. The number of nitriles is 1. The maximum atomic E-state index is 15.8. The Labute approximate surface area is 316 Å². The van der Waals surface area contributed by atoms with E-state index in [1.54, 1.807) is 36.5 Å². The van der Waals surface area contributed by atoms with Crippen molar-refractivity contribution >= 4 is 47.0 Å². The van der Waals surface area contributed by atoms with Gasteiger partial charge in [0.15, 0.2) is 0 Å². The Kier molecular flexibility index (Phi) is 9.43. The van der Waals surface area contributed by atoms with E-state index < -0.39 is 46.3 Å². The largest absolute Gasteiger partial charge is 0.489 e. The number of benzene rings is 2. The van der Waals surface area contributed by atoms with Crippen LogP contribution in [0.5, 0.6) is 5.75 Å². The predicted octanol–water partition coefficient (Wildman–Crippen LogP) is 4.08. The molecular weight excluding hydrogens is 717 g/mol. The molecule has 3 aromatic rings. The highest BCUT2D eigenvalue weighted by Crippen LogP contribution is 2.55. The monoisotopic (exact) mass is 755 g/mol. The van der Waals surface area contributed by atoms with Crippen molar-refractivity contribution in [3.63, 3.8) is 0 Å². The molecule has 3 fully saturated rings. The van der Waals surface area contributed by atoms with Crippen molar-refractivity contribution in [1.82, 2.24) is 25.4 Å². The zero-order valence-corrected chi connectivity index (χ0v) is 31.0. The van der Waals surface area contributed by atoms with Crippen LogP contribution in [-0.2, 0) is 16.1 Å². The van der Waals surface area contributed by atoms with E-state index in [9.17, 15) is 29.2 Å². The van der Waals surface area contributed by atoms with Crippen molar-refractivity contribution in [2.24, 2.45) is 10.8 Å². The van der Waals surface area contributed by atoms with Gasteiger partial charge in [-0.2, -0.15) is 5.26 Å². The Morgan fingerprint density at radius 2 is 1.76 bits per heavy atom. The van der Waals surface area contributed by atoms with Crippen LogP contribution in [0.4, 0.5) is 10.2 Å². The molecule has 13 nitrogen and oxygen atoms in total. The molecule has 1 aromatic heterocycles. The van der Waals surface area contributed by atoms with Crippen molar-refractivity contribution < 1.29 is 33.1 Å². The van der Waals surface area contributed by atoms with Crippen LogP contribution in [0.1, 0.15) is 82.7 Å². The molecule has 2 N–H and O–H groups in total. The summed E-state index contributed by atoms with van der Waals surface area (Å²) in [6.45, 7) is 10.7. The molecule has 4 heterocycles. The number of nitrogens with zero attached hydrogens (tertiary/aromatic N) is 5. The van der Waals surface area contributed by atoms with E-state index in [1.165, 1.54) is 12.1 Å². The molecule has 0 radical (unpaired) electrons. The summed E-state index contributed by atoms with van der Waals surface area (Å²) in [4.78, 5) is 73.1. The molecule has 0 spiro atoms. The number of halogens is 2. The van der Waals surface area contributed by atoms with E-state index in [0.717, 1.165) is 4.90 Å². The number of hydrogen-bond donors (Lipinski definition) is 2. The third-order valence-corrected chi connectivity index (χ3v) is 11.5. The first kappa shape index (κ1) is 36.9. The molecule has 2 aromatic carbocycles. The van der Waals surface area contributed by atoms with Crippen molar-refractivity contribution in [3.8, 4) is 11.8 Å². The molecule has 1 saturated carbocycles. The summed E-state index contributed by atoms with van der Waals surface area (Å²) >= 11 is 6.22. The van der Waals surface area contributed by atoms with Gasteiger partial charge in [-0.15, -0.1) is 0 Å². The van der Waals surface area contributed by atoms with E-state index in [-0.39, 0.29) is 54.1 Å². The molecule has 280 valence electrons. The number of nitrogens with one attached hydrogen (secondary N) is 2. The molecule has 3 aliphatic heterocycles. The summed E-state index contributed by atoms with van der Waals surface area (Å²) < 4.78 is 22.1. The maximum Gasteiger partial charge on any atom is 0.265 e. The molecular formula is C39H39ClFN7O6. The van der Waals surface area contributed by atoms with Crippen LogP contribution in [-0.4, -0.2) is 88.7 Å². The highest BCUT2D eigenvalue weighted by atomic mass is 35.5. The number of carbonyl (C=O) groups is 5. The van der Waals surface area contributed by atoms with Gasteiger partial charge in [-0.05, 0) is 36.8 Å². The molecule has 54 heavy (non-hydrogen) atoms. The van der Waals surface area contributed by atoms with Crippen LogP contribution < -0.4 is 20.3 Å². The number of carbonyl (C=O) groups excluding carboxylic acids is 5. The number of aromatic nitrogens is 1. The quantitative estimate of drug-likeness (QED) is 0.320. The first-order valence-corrected chi connectivity index (χ1v) is 18.1. The maximum absolute atomic E-state index is 15.8. The Hall–Kier alpha value is -5.39. The molecule has 2 saturated heterocycles. The number of hydrogen-bond acceptors (Lipinski definition) is 10. The number of fused-ring (bicyclic) bond motifs is 1. The fraction of sp³-hybridized carbons (Fsp3) is 0.410. The van der Waals surface area contributed by atoms with Gasteiger partial charge in [-0.1, -0.05) is 45.4 Å². The number of piperidine rings is 1. The highest BCUT2D eigenvalue weighted by Gasteiger charge is 2.64. The summed E-state index contributed by atoms with van der Waals surface area (Å²) in [6.07, 6.45) is 1.29. The van der Waals surface area contributed by atoms with Gasteiger partial charge in [-0.25, -0.2) is 9.37 Å². The average Bonchev–Trinajstić information content (AvgIpc) is 3.39. The van der Waals surface area contributed by atoms with Crippen LogP contribution in [0.15, 0.2) is 48.7 Å². The highest BCUT2D eigenvalue weighted by molar-refractivity contribution is 6.31. The van der Waals surface area contributed by atoms with Gasteiger partial charge >= 0.3 is 0 Å². The van der Waals surface area contributed by atoms with E-state index in [2.05, 4.69) is 20.5 Å². The Morgan fingerprint density at radius 3 is 2.39 bits per heavy atom. The van der Waals surface area contributed by atoms with Crippen molar-refractivity contribution in [2.75, 3.05) is 31.1 Å². The van der Waals surface area contributed by atoms with Crippen molar-refractivity contribution in [1.29, 1.82) is 5.26 Å². The van der Waals surface area contributed by atoms with Crippen LogP contribution in [0.25, 0.3) is 0 Å². The van der Waals surface area contributed by atoms with Gasteiger partial charge in [-0.3, -0.25) is 39.1 Å². The normalized spacial score (nSPS) is 23.3. The second-order valence-corrected chi connectivity index (χ2v) is 15.8. The molecule has 5 amide bonds. The van der Waals surface area contributed by atoms with Crippen molar-refractivity contribution in [2.45, 2.75) is 65.3 Å². The lowest BCUT2D eigenvalue weighted by Gasteiger charge is -2.63. The minimum atomic E-state index is -1.17. The Morgan fingerprint density at radius 1 is 1.04 bits per heavy atom. The zero-order valence-electron chi connectivity index (χ0n) is 30.2. The summed E-state index contributed by atoms with van der Waals surface area (Å²) in [5, 5.41) is 14.8. The molecule has 0 bridgehead atoms. The fourth-order valence-electron chi connectivity index (χ4n) is 8.58. The molecule has 1 aliphatic carbocycles. The van der Waals surface area contributed by atoms with Crippen LogP contribution >= 0.6 is 11.6 Å². The molecule has 7 rings (SSSR count). The lowest BCUT2D eigenvalue weighted by Crippen LogP contribution is -2.74. The minimum absolute atomic E-state index is 0.00736. The predicted molar refractivity (Wildman–Crippen MR) is 194 cm³/mol. The number of anilines is 1.